The van der Waals surface area contributed by atoms with Gasteiger partial charge in [-0.15, -0.1) is 0 Å². The fourth-order valence-corrected chi connectivity index (χ4v) is 8.25. The number of rotatable bonds is 9. The van der Waals surface area contributed by atoms with E-state index < -0.39 is 7.26 Å². The maximum Gasteiger partial charge on any atom is 0.123 e. The first-order valence-corrected chi connectivity index (χ1v) is 12.6. The Morgan fingerprint density at radius 3 is 1.74 bits per heavy atom. The van der Waals surface area contributed by atoms with Gasteiger partial charge in [0.15, 0.2) is 0 Å². The predicted molar refractivity (Wildman–Crippen MR) is 131 cm³/mol. The van der Waals surface area contributed by atoms with Crippen molar-refractivity contribution in [2.45, 2.75) is 12.6 Å². The summed E-state index contributed by atoms with van der Waals surface area (Å²) in [6.45, 7) is 0.0272. The predicted octanol–water partition coefficient (Wildman–Crippen LogP) is 5.92. The van der Waals surface area contributed by atoms with E-state index in [4.69, 9.17) is 4.74 Å². The third-order valence-corrected chi connectivity index (χ3v) is 9.82. The molecule has 1 nitrogen and oxygen atoms in total. The van der Waals surface area contributed by atoms with Crippen LogP contribution in [0.15, 0.2) is 115 Å². The molecule has 0 unspecified atom stereocenters. The molecule has 0 saturated heterocycles. The van der Waals surface area contributed by atoms with Crippen LogP contribution in [0, 0.1) is 0 Å². The van der Waals surface area contributed by atoms with Gasteiger partial charge in [0, 0.05) is 12.5 Å². The largest absolute Gasteiger partial charge is 0.493 e. The van der Waals surface area contributed by atoms with E-state index in [2.05, 4.69) is 109 Å². The standard InChI is InChI=1S/C28H27FOP/c29-20-11-21-30-25-14-10-19-28(22-25)31(26-15-6-2-7-16-26,27-17-8-3-9-18-27)23-24-12-4-1-5-13-24/h1-10,12-19,22H,11,20-21,23H2/q+1/i29-1. The summed E-state index contributed by atoms with van der Waals surface area (Å²) in [6.07, 6.45) is 1.34. The molecule has 4 aromatic rings. The summed E-state index contributed by atoms with van der Waals surface area (Å²) in [4.78, 5) is 0. The minimum absolute atomic E-state index is 0.362. The second kappa shape index (κ2) is 10.4. The SMILES string of the molecule is [18F]CCCOc1cccc([P+](Cc2ccccc2)(c2ccccc2)c2ccccc2)c1. The van der Waals surface area contributed by atoms with E-state index >= 15 is 0 Å². The lowest BCUT2D eigenvalue weighted by Crippen LogP contribution is -2.32. The Balaban J connectivity index is 1.90. The third kappa shape index (κ3) is 4.86. The van der Waals surface area contributed by atoms with Crippen molar-refractivity contribution in [3.05, 3.63) is 121 Å². The Labute approximate surface area is 184 Å². The van der Waals surface area contributed by atoms with Crippen molar-refractivity contribution < 1.29 is 9.13 Å². The number of alkyl halides is 1. The van der Waals surface area contributed by atoms with Crippen LogP contribution in [0.1, 0.15) is 12.0 Å². The molecule has 156 valence electrons. The second-order valence-electron chi connectivity index (χ2n) is 7.51. The maximum absolute atomic E-state index is 12.6. The smallest absolute Gasteiger partial charge is 0.123 e. The molecule has 0 radical (unpaired) electrons. The van der Waals surface area contributed by atoms with Crippen LogP contribution in [0.3, 0.4) is 0 Å². The van der Waals surface area contributed by atoms with Crippen LogP contribution in [0.5, 0.6) is 5.75 Å². The van der Waals surface area contributed by atoms with E-state index in [0.29, 0.717) is 13.0 Å². The van der Waals surface area contributed by atoms with E-state index in [1.165, 1.54) is 21.5 Å². The normalized spacial score (nSPS) is 11.3. The van der Waals surface area contributed by atoms with E-state index in [1.54, 1.807) is 0 Å². The fourth-order valence-electron chi connectivity index (χ4n) is 4.00. The van der Waals surface area contributed by atoms with Crippen LogP contribution in [-0.2, 0) is 6.16 Å². The zero-order chi connectivity index (χ0) is 21.4. The first-order chi connectivity index (χ1) is 15.3. The molecule has 0 aliphatic heterocycles. The van der Waals surface area contributed by atoms with Crippen LogP contribution in [0.25, 0.3) is 0 Å². The lowest BCUT2D eigenvalue weighted by atomic mass is 10.2. The van der Waals surface area contributed by atoms with Gasteiger partial charge in [-0.3, -0.25) is 4.39 Å². The summed E-state index contributed by atoms with van der Waals surface area (Å²) in [5, 5.41) is 3.95. The van der Waals surface area contributed by atoms with E-state index in [0.717, 1.165) is 11.9 Å². The molecule has 3 heteroatoms. The molecule has 0 amide bonds. The molecular weight excluding hydrogens is 401 g/mol. The average Bonchev–Trinajstić information content (AvgIpc) is 2.85. The summed E-state index contributed by atoms with van der Waals surface area (Å²) in [5.74, 6) is 0.801. The van der Waals surface area contributed by atoms with Gasteiger partial charge in [0.1, 0.15) is 28.9 Å². The lowest BCUT2D eigenvalue weighted by molar-refractivity contribution is 0.290. The molecule has 0 spiro atoms. The molecule has 0 saturated carbocycles. The lowest BCUT2D eigenvalue weighted by Gasteiger charge is -2.28. The Hall–Kier alpha value is -2.96. The Kier molecular flexibility index (Phi) is 7.12. The first kappa shape index (κ1) is 21.3. The quantitative estimate of drug-likeness (QED) is 0.238. The first-order valence-electron chi connectivity index (χ1n) is 10.7. The van der Waals surface area contributed by atoms with Gasteiger partial charge >= 0.3 is 0 Å². The minimum atomic E-state index is -2.00. The van der Waals surface area contributed by atoms with Gasteiger partial charge in [0.2, 0.25) is 0 Å². The van der Waals surface area contributed by atoms with Crippen LogP contribution in [0.4, 0.5) is 4.39 Å². The molecule has 4 rings (SSSR count). The summed E-state index contributed by atoms with van der Waals surface area (Å²) >= 11 is 0. The zero-order valence-electron chi connectivity index (χ0n) is 17.5. The zero-order valence-corrected chi connectivity index (χ0v) is 18.4. The molecule has 4 aromatic carbocycles. The van der Waals surface area contributed by atoms with Crippen LogP contribution in [0.2, 0.25) is 0 Å². The number of ether oxygens (including phenoxy) is 1. The monoisotopic (exact) mass is 428 g/mol. The summed E-state index contributed by atoms with van der Waals surface area (Å²) < 4.78 is 18.5. The number of benzene rings is 4. The van der Waals surface area contributed by atoms with Crippen molar-refractivity contribution in [3.8, 4) is 5.75 Å². The molecule has 0 fully saturated rings. The molecule has 0 aliphatic carbocycles. The van der Waals surface area contributed by atoms with Gasteiger partial charge in [-0.1, -0.05) is 72.8 Å². The summed E-state index contributed by atoms with van der Waals surface area (Å²) in [7, 11) is -2.00. The Morgan fingerprint density at radius 1 is 0.613 bits per heavy atom. The number of halogens is 1. The van der Waals surface area contributed by atoms with Gasteiger partial charge in [-0.25, -0.2) is 0 Å². The number of hydrogen-bond donors (Lipinski definition) is 0. The Bertz CT molecular complexity index is 1030. The van der Waals surface area contributed by atoms with Gasteiger partial charge in [-0.05, 0) is 42.0 Å². The van der Waals surface area contributed by atoms with Crippen molar-refractivity contribution in [2.24, 2.45) is 0 Å². The third-order valence-electron chi connectivity index (χ3n) is 5.46. The highest BCUT2D eigenvalue weighted by atomic mass is 31.2. The highest BCUT2D eigenvalue weighted by molar-refractivity contribution is 7.95. The average molecular weight is 428 g/mol. The van der Waals surface area contributed by atoms with Crippen LogP contribution >= 0.6 is 7.26 Å². The van der Waals surface area contributed by atoms with Gasteiger partial charge in [0.25, 0.3) is 0 Å². The topological polar surface area (TPSA) is 9.23 Å². The minimum Gasteiger partial charge on any atom is -0.493 e. The molecule has 0 bridgehead atoms. The highest BCUT2D eigenvalue weighted by Crippen LogP contribution is 2.58. The van der Waals surface area contributed by atoms with Crippen molar-refractivity contribution in [1.82, 2.24) is 0 Å². The molecular formula is C28H27FOP+. The Morgan fingerprint density at radius 2 is 1.16 bits per heavy atom. The summed E-state index contributed by atoms with van der Waals surface area (Å²) in [5.41, 5.74) is 1.31. The molecule has 0 atom stereocenters. The van der Waals surface area contributed by atoms with E-state index in [1.807, 2.05) is 6.07 Å². The van der Waals surface area contributed by atoms with Crippen molar-refractivity contribution >= 4 is 23.2 Å². The van der Waals surface area contributed by atoms with Gasteiger partial charge in [0.05, 0.1) is 19.4 Å². The second-order valence-corrected chi connectivity index (χ2v) is 11.0. The van der Waals surface area contributed by atoms with Gasteiger partial charge < -0.3 is 4.74 Å². The van der Waals surface area contributed by atoms with Crippen molar-refractivity contribution in [1.29, 1.82) is 0 Å². The van der Waals surface area contributed by atoms with Crippen LogP contribution in [-0.4, -0.2) is 13.3 Å². The number of hydrogen-bond acceptors (Lipinski definition) is 1. The van der Waals surface area contributed by atoms with Crippen LogP contribution < -0.4 is 20.7 Å². The molecule has 31 heavy (non-hydrogen) atoms. The summed E-state index contributed by atoms with van der Waals surface area (Å²) in [6, 6.07) is 40.8. The van der Waals surface area contributed by atoms with Gasteiger partial charge in [-0.2, -0.15) is 0 Å². The highest BCUT2D eigenvalue weighted by Gasteiger charge is 2.45. The van der Waals surface area contributed by atoms with Crippen molar-refractivity contribution in [2.75, 3.05) is 13.3 Å². The van der Waals surface area contributed by atoms with Crippen molar-refractivity contribution in [3.63, 3.8) is 0 Å². The van der Waals surface area contributed by atoms with E-state index in [9.17, 15) is 4.39 Å². The molecule has 0 N–H and O–H groups in total. The molecule has 0 aliphatic rings. The molecule has 0 aromatic heterocycles. The molecule has 0 heterocycles. The fraction of sp³-hybridized carbons (Fsp3) is 0.143. The maximum atomic E-state index is 12.6. The van der Waals surface area contributed by atoms with E-state index in [-0.39, 0.29) is 6.67 Å².